The second-order valence-electron chi connectivity index (χ2n) is 5.29. The first-order valence-corrected chi connectivity index (χ1v) is 9.10. The van der Waals surface area contributed by atoms with E-state index in [1.165, 1.54) is 17.0 Å². The molecule has 0 spiro atoms. The van der Waals surface area contributed by atoms with Gasteiger partial charge in [-0.3, -0.25) is 4.79 Å². The number of likely N-dealkylation sites (N-methyl/N-ethyl adjacent to an activating group) is 2. The lowest BCUT2D eigenvalue weighted by atomic mass is 10.3. The van der Waals surface area contributed by atoms with E-state index in [0.29, 0.717) is 37.8 Å². The molecule has 8 heteroatoms. The standard InChI is InChI=1S/C15H22N2O5S/c1-16-6-7-17(2)15(18)5-10-23(19,20)12-3-4-13-14(11-12)22-9-8-21-13/h3-4,11,16H,5-10H2,1-2H3. The van der Waals surface area contributed by atoms with Gasteiger partial charge in [-0.25, -0.2) is 8.42 Å². The molecule has 2 rings (SSSR count). The van der Waals surface area contributed by atoms with E-state index in [2.05, 4.69) is 5.32 Å². The summed E-state index contributed by atoms with van der Waals surface area (Å²) in [5.74, 6) is 0.546. The number of amides is 1. The van der Waals surface area contributed by atoms with Gasteiger partial charge >= 0.3 is 0 Å². The van der Waals surface area contributed by atoms with Gasteiger partial charge in [-0.2, -0.15) is 0 Å². The van der Waals surface area contributed by atoms with Gasteiger partial charge in [0.25, 0.3) is 0 Å². The van der Waals surface area contributed by atoms with Gasteiger partial charge in [0.15, 0.2) is 21.3 Å². The van der Waals surface area contributed by atoms with Crippen LogP contribution in [-0.2, 0) is 14.6 Å². The monoisotopic (exact) mass is 342 g/mol. The summed E-state index contributed by atoms with van der Waals surface area (Å²) in [4.78, 5) is 13.6. The topological polar surface area (TPSA) is 84.9 Å². The van der Waals surface area contributed by atoms with Gasteiger partial charge in [-0.1, -0.05) is 0 Å². The molecule has 1 amide bonds. The van der Waals surface area contributed by atoms with Crippen molar-refractivity contribution in [3.8, 4) is 11.5 Å². The first kappa shape index (κ1) is 17.6. The number of fused-ring (bicyclic) bond motifs is 1. The van der Waals surface area contributed by atoms with E-state index in [0.717, 1.165) is 0 Å². The van der Waals surface area contributed by atoms with Crippen LogP contribution in [0.2, 0.25) is 0 Å². The maximum absolute atomic E-state index is 12.4. The van der Waals surface area contributed by atoms with Crippen LogP contribution in [0.25, 0.3) is 0 Å². The average molecular weight is 342 g/mol. The summed E-state index contributed by atoms with van der Waals surface area (Å²) in [6.45, 7) is 2.05. The second kappa shape index (κ2) is 7.65. The fourth-order valence-electron chi connectivity index (χ4n) is 2.15. The molecule has 0 unspecified atom stereocenters. The molecule has 0 saturated carbocycles. The van der Waals surface area contributed by atoms with E-state index in [9.17, 15) is 13.2 Å². The molecule has 0 saturated heterocycles. The molecule has 0 radical (unpaired) electrons. The third-order valence-electron chi connectivity index (χ3n) is 3.58. The maximum atomic E-state index is 12.4. The average Bonchev–Trinajstić information content (AvgIpc) is 2.57. The molecule has 1 N–H and O–H groups in total. The summed E-state index contributed by atoms with van der Waals surface area (Å²) in [6.07, 6.45) is -0.0447. The summed E-state index contributed by atoms with van der Waals surface area (Å²) in [7, 11) is -0.0822. The Hall–Kier alpha value is -1.80. The number of ether oxygens (including phenoxy) is 2. The number of hydrogen-bond acceptors (Lipinski definition) is 6. The van der Waals surface area contributed by atoms with Crippen molar-refractivity contribution in [1.29, 1.82) is 0 Å². The lowest BCUT2D eigenvalue weighted by Crippen LogP contribution is -2.33. The molecule has 1 aliphatic rings. The summed E-state index contributed by atoms with van der Waals surface area (Å²) in [5, 5.41) is 2.94. The van der Waals surface area contributed by atoms with Crippen LogP contribution in [0, 0.1) is 0 Å². The van der Waals surface area contributed by atoms with E-state index in [1.54, 1.807) is 20.2 Å². The Morgan fingerprint density at radius 3 is 2.65 bits per heavy atom. The van der Waals surface area contributed by atoms with Crippen LogP contribution in [0.15, 0.2) is 23.1 Å². The summed E-state index contributed by atoms with van der Waals surface area (Å²) >= 11 is 0. The van der Waals surface area contributed by atoms with Gasteiger partial charge in [0.2, 0.25) is 5.91 Å². The minimum atomic E-state index is -3.54. The van der Waals surface area contributed by atoms with Crippen LogP contribution in [0.5, 0.6) is 11.5 Å². The predicted molar refractivity (Wildman–Crippen MR) is 85.7 cm³/mol. The Morgan fingerprint density at radius 1 is 1.26 bits per heavy atom. The zero-order valence-electron chi connectivity index (χ0n) is 13.4. The van der Waals surface area contributed by atoms with E-state index < -0.39 is 9.84 Å². The van der Waals surface area contributed by atoms with Gasteiger partial charge in [0, 0.05) is 32.6 Å². The minimum Gasteiger partial charge on any atom is -0.486 e. The third-order valence-corrected chi connectivity index (χ3v) is 5.29. The summed E-state index contributed by atoms with van der Waals surface area (Å²) in [6, 6.07) is 4.53. The number of benzene rings is 1. The molecule has 0 aliphatic carbocycles. The molecular formula is C15H22N2O5S. The van der Waals surface area contributed by atoms with Crippen LogP contribution >= 0.6 is 0 Å². The van der Waals surface area contributed by atoms with E-state index >= 15 is 0 Å². The Balaban J connectivity index is 2.00. The number of hydrogen-bond donors (Lipinski definition) is 1. The van der Waals surface area contributed by atoms with Crippen molar-refractivity contribution in [2.24, 2.45) is 0 Å². The van der Waals surface area contributed by atoms with Crippen LogP contribution < -0.4 is 14.8 Å². The Morgan fingerprint density at radius 2 is 1.96 bits per heavy atom. The zero-order valence-corrected chi connectivity index (χ0v) is 14.2. The molecule has 1 aliphatic heterocycles. The van der Waals surface area contributed by atoms with Gasteiger partial charge < -0.3 is 19.7 Å². The molecular weight excluding hydrogens is 320 g/mol. The number of carbonyl (C=O) groups is 1. The quantitative estimate of drug-likeness (QED) is 0.767. The maximum Gasteiger partial charge on any atom is 0.223 e. The van der Waals surface area contributed by atoms with Gasteiger partial charge in [-0.15, -0.1) is 0 Å². The Labute approximate surface area is 136 Å². The van der Waals surface area contributed by atoms with Gasteiger partial charge in [-0.05, 0) is 19.2 Å². The first-order chi connectivity index (χ1) is 10.9. The highest BCUT2D eigenvalue weighted by atomic mass is 32.2. The molecule has 1 heterocycles. The van der Waals surface area contributed by atoms with Crippen LogP contribution in [0.4, 0.5) is 0 Å². The number of sulfone groups is 1. The van der Waals surface area contributed by atoms with E-state index in [4.69, 9.17) is 9.47 Å². The zero-order chi connectivity index (χ0) is 16.9. The molecule has 7 nitrogen and oxygen atoms in total. The third kappa shape index (κ3) is 4.59. The Bertz CT molecular complexity index is 660. The number of nitrogens with one attached hydrogen (secondary N) is 1. The molecule has 0 atom stereocenters. The fourth-order valence-corrected chi connectivity index (χ4v) is 3.39. The van der Waals surface area contributed by atoms with Crippen molar-refractivity contribution in [2.45, 2.75) is 11.3 Å². The molecule has 0 bridgehead atoms. The SMILES string of the molecule is CNCCN(C)C(=O)CCS(=O)(=O)c1ccc2c(c1)OCCO2. The first-order valence-electron chi connectivity index (χ1n) is 7.45. The molecule has 0 aromatic heterocycles. The molecule has 0 fully saturated rings. The fraction of sp³-hybridized carbons (Fsp3) is 0.533. The van der Waals surface area contributed by atoms with Crippen molar-refractivity contribution in [3.63, 3.8) is 0 Å². The van der Waals surface area contributed by atoms with Crippen LogP contribution in [0.3, 0.4) is 0 Å². The van der Waals surface area contributed by atoms with Gasteiger partial charge in [0.05, 0.1) is 10.6 Å². The number of rotatable bonds is 7. The van der Waals surface area contributed by atoms with Crippen molar-refractivity contribution >= 4 is 15.7 Å². The molecule has 128 valence electrons. The van der Waals surface area contributed by atoms with Crippen LogP contribution in [-0.4, -0.2) is 65.4 Å². The highest BCUT2D eigenvalue weighted by Gasteiger charge is 2.21. The van der Waals surface area contributed by atoms with E-state index in [1.807, 2.05) is 0 Å². The number of nitrogens with zero attached hydrogens (tertiary/aromatic N) is 1. The molecule has 23 heavy (non-hydrogen) atoms. The highest BCUT2D eigenvalue weighted by Crippen LogP contribution is 2.32. The predicted octanol–water partition coefficient (Wildman–Crippen LogP) is 0.299. The lowest BCUT2D eigenvalue weighted by molar-refractivity contribution is -0.129. The molecule has 1 aromatic carbocycles. The smallest absolute Gasteiger partial charge is 0.223 e. The minimum absolute atomic E-state index is 0.0447. The lowest BCUT2D eigenvalue weighted by Gasteiger charge is -2.19. The Kier molecular flexibility index (Phi) is 5.84. The van der Waals surface area contributed by atoms with Crippen molar-refractivity contribution < 1.29 is 22.7 Å². The van der Waals surface area contributed by atoms with Crippen LogP contribution in [0.1, 0.15) is 6.42 Å². The van der Waals surface area contributed by atoms with Gasteiger partial charge in [0.1, 0.15) is 13.2 Å². The normalized spacial score (nSPS) is 13.7. The van der Waals surface area contributed by atoms with E-state index in [-0.39, 0.29) is 23.0 Å². The number of carbonyl (C=O) groups excluding carboxylic acids is 1. The summed E-state index contributed by atoms with van der Waals surface area (Å²) < 4.78 is 35.5. The highest BCUT2D eigenvalue weighted by molar-refractivity contribution is 7.91. The second-order valence-corrected chi connectivity index (χ2v) is 7.40. The van der Waals surface area contributed by atoms with Crippen molar-refractivity contribution in [2.75, 3.05) is 46.2 Å². The molecule has 1 aromatic rings. The van der Waals surface area contributed by atoms with Crippen molar-refractivity contribution in [1.82, 2.24) is 10.2 Å². The largest absolute Gasteiger partial charge is 0.486 e. The summed E-state index contributed by atoms with van der Waals surface area (Å²) in [5.41, 5.74) is 0. The van der Waals surface area contributed by atoms with Crippen molar-refractivity contribution in [3.05, 3.63) is 18.2 Å².